The van der Waals surface area contributed by atoms with E-state index in [1.54, 1.807) is 6.07 Å². The Bertz CT molecular complexity index is 413. The van der Waals surface area contributed by atoms with Gasteiger partial charge in [-0.25, -0.2) is 0 Å². The van der Waals surface area contributed by atoms with Gasteiger partial charge in [-0.05, 0) is 31.4 Å². The lowest BCUT2D eigenvalue weighted by Gasteiger charge is -2.19. The van der Waals surface area contributed by atoms with Crippen LogP contribution in [0.1, 0.15) is 18.9 Å². The van der Waals surface area contributed by atoms with E-state index in [4.69, 9.17) is 5.73 Å². The minimum atomic E-state index is -0.329. The van der Waals surface area contributed by atoms with Crippen LogP contribution in [0.2, 0.25) is 0 Å². The zero-order valence-corrected chi connectivity index (χ0v) is 11.9. The fourth-order valence-corrected chi connectivity index (χ4v) is 3.10. The Labute approximate surface area is 117 Å². The molecule has 0 aromatic carbocycles. The minimum absolute atomic E-state index is 0. The van der Waals surface area contributed by atoms with E-state index in [0.29, 0.717) is 12.0 Å². The highest BCUT2D eigenvalue weighted by atomic mass is 35.5. The third-order valence-corrected chi connectivity index (χ3v) is 4.26. The van der Waals surface area contributed by atoms with Crippen molar-refractivity contribution >= 4 is 28.7 Å². The van der Waals surface area contributed by atoms with Crippen molar-refractivity contribution in [3.05, 3.63) is 27.1 Å². The van der Waals surface area contributed by atoms with Gasteiger partial charge in [0.15, 0.2) is 0 Å². The zero-order chi connectivity index (χ0) is 12.4. The monoisotopic (exact) mass is 291 g/mol. The number of nitrogens with two attached hydrogens (primary N) is 1. The first-order valence-corrected chi connectivity index (χ1v) is 6.64. The maximum absolute atomic E-state index is 10.6. The third-order valence-electron chi connectivity index (χ3n) is 3.33. The number of thiophene rings is 1. The molecule has 2 rings (SSSR count). The molecule has 18 heavy (non-hydrogen) atoms. The van der Waals surface area contributed by atoms with Crippen LogP contribution in [0.4, 0.5) is 5.00 Å². The van der Waals surface area contributed by atoms with Crippen LogP contribution in [0, 0.1) is 16.0 Å². The maximum Gasteiger partial charge on any atom is 0.324 e. The van der Waals surface area contributed by atoms with E-state index in [-0.39, 0.29) is 22.3 Å². The summed E-state index contributed by atoms with van der Waals surface area (Å²) >= 11 is 1.20. The van der Waals surface area contributed by atoms with E-state index in [1.165, 1.54) is 11.3 Å². The van der Waals surface area contributed by atoms with Gasteiger partial charge in [0.1, 0.15) is 0 Å². The van der Waals surface area contributed by atoms with Crippen molar-refractivity contribution in [3.63, 3.8) is 0 Å². The van der Waals surface area contributed by atoms with E-state index >= 15 is 0 Å². The highest BCUT2D eigenvalue weighted by molar-refractivity contribution is 7.13. The Hall–Kier alpha value is -0.690. The third kappa shape index (κ3) is 3.41. The molecule has 0 amide bonds. The number of halogens is 1. The molecule has 1 aromatic rings. The highest BCUT2D eigenvalue weighted by Gasteiger charge is 2.28. The average Bonchev–Trinajstić information content (AvgIpc) is 2.87. The zero-order valence-electron chi connectivity index (χ0n) is 10.2. The van der Waals surface area contributed by atoms with E-state index < -0.39 is 0 Å². The summed E-state index contributed by atoms with van der Waals surface area (Å²) in [6.07, 6.45) is 1.13. The van der Waals surface area contributed by atoms with Crippen LogP contribution in [0.15, 0.2) is 11.4 Å². The maximum atomic E-state index is 10.6. The molecular weight excluding hydrogens is 274 g/mol. The predicted octanol–water partition coefficient (Wildman–Crippen LogP) is 2.25. The summed E-state index contributed by atoms with van der Waals surface area (Å²) < 4.78 is 0. The van der Waals surface area contributed by atoms with Gasteiger partial charge in [0.05, 0.1) is 4.92 Å². The predicted molar refractivity (Wildman–Crippen MR) is 75.3 cm³/mol. The summed E-state index contributed by atoms with van der Waals surface area (Å²) in [5.74, 6) is 0.568. The smallest absolute Gasteiger partial charge is 0.324 e. The van der Waals surface area contributed by atoms with Crippen LogP contribution in [0.25, 0.3) is 0 Å². The first-order valence-electron chi connectivity index (χ1n) is 5.76. The fraction of sp³-hybridized carbons (Fsp3) is 0.636. The number of nitrogens with zero attached hydrogens (tertiary/aromatic N) is 2. The summed E-state index contributed by atoms with van der Waals surface area (Å²) in [6, 6.07) is 2.19. The van der Waals surface area contributed by atoms with Gasteiger partial charge in [0.2, 0.25) is 0 Å². The molecule has 102 valence electrons. The molecule has 5 nitrogen and oxygen atoms in total. The van der Waals surface area contributed by atoms with Gasteiger partial charge in [-0.1, -0.05) is 11.3 Å². The number of rotatable bonds is 4. The molecular formula is C11H18ClN3O2S. The van der Waals surface area contributed by atoms with Crippen LogP contribution in [-0.2, 0) is 6.54 Å². The fourth-order valence-electron chi connectivity index (χ4n) is 2.38. The molecule has 1 saturated heterocycles. The summed E-state index contributed by atoms with van der Waals surface area (Å²) in [6.45, 7) is 4.71. The molecule has 1 fully saturated rings. The van der Waals surface area contributed by atoms with E-state index in [9.17, 15) is 10.1 Å². The van der Waals surface area contributed by atoms with E-state index in [2.05, 4.69) is 11.8 Å². The second kappa shape index (κ2) is 6.47. The minimum Gasteiger partial charge on any atom is -0.330 e. The van der Waals surface area contributed by atoms with Crippen molar-refractivity contribution < 1.29 is 4.92 Å². The Morgan fingerprint density at radius 3 is 2.89 bits per heavy atom. The van der Waals surface area contributed by atoms with Crippen molar-refractivity contribution in [1.29, 1.82) is 0 Å². The van der Waals surface area contributed by atoms with Crippen LogP contribution in [0.3, 0.4) is 0 Å². The number of hydrogen-bond donors (Lipinski definition) is 1. The SMILES string of the molecule is CC1CC(CN)CN1Cc1csc([N+](=O)[O-])c1.Cl. The molecule has 2 atom stereocenters. The second-order valence-corrected chi connectivity index (χ2v) is 5.56. The van der Waals surface area contributed by atoms with Gasteiger partial charge in [0.25, 0.3) is 0 Å². The van der Waals surface area contributed by atoms with E-state index in [1.807, 2.05) is 5.38 Å². The van der Waals surface area contributed by atoms with Gasteiger partial charge in [-0.2, -0.15) is 0 Å². The van der Waals surface area contributed by atoms with Gasteiger partial charge in [0, 0.05) is 30.6 Å². The Morgan fingerprint density at radius 1 is 1.67 bits per heavy atom. The molecule has 1 aromatic heterocycles. The quantitative estimate of drug-likeness (QED) is 0.682. The Kier molecular flexibility index (Phi) is 5.52. The van der Waals surface area contributed by atoms with Crippen LogP contribution < -0.4 is 5.73 Å². The molecule has 0 radical (unpaired) electrons. The van der Waals surface area contributed by atoms with E-state index in [0.717, 1.165) is 31.6 Å². The number of hydrogen-bond acceptors (Lipinski definition) is 5. The van der Waals surface area contributed by atoms with Crippen molar-refractivity contribution in [3.8, 4) is 0 Å². The van der Waals surface area contributed by atoms with Gasteiger partial charge in [-0.15, -0.1) is 12.4 Å². The Morgan fingerprint density at radius 2 is 2.39 bits per heavy atom. The van der Waals surface area contributed by atoms with Gasteiger partial charge in [-0.3, -0.25) is 15.0 Å². The first-order chi connectivity index (χ1) is 8.10. The number of likely N-dealkylation sites (tertiary alicyclic amines) is 1. The molecule has 0 bridgehead atoms. The molecule has 0 spiro atoms. The first kappa shape index (κ1) is 15.4. The van der Waals surface area contributed by atoms with Crippen LogP contribution in [0.5, 0.6) is 0 Å². The van der Waals surface area contributed by atoms with Crippen molar-refractivity contribution in [1.82, 2.24) is 4.90 Å². The Balaban J connectivity index is 0.00000162. The lowest BCUT2D eigenvalue weighted by molar-refractivity contribution is -0.380. The lowest BCUT2D eigenvalue weighted by Crippen LogP contribution is -2.27. The summed E-state index contributed by atoms with van der Waals surface area (Å²) in [5.41, 5.74) is 6.72. The molecule has 2 unspecified atom stereocenters. The normalized spacial score (nSPS) is 23.9. The van der Waals surface area contributed by atoms with Crippen molar-refractivity contribution in [2.75, 3.05) is 13.1 Å². The lowest BCUT2D eigenvalue weighted by atomic mass is 10.1. The molecule has 7 heteroatoms. The van der Waals surface area contributed by atoms with Gasteiger partial charge >= 0.3 is 5.00 Å². The van der Waals surface area contributed by atoms with Crippen LogP contribution >= 0.6 is 23.7 Å². The molecule has 1 aliphatic heterocycles. The standard InChI is InChI=1S/C11H17N3O2S.ClH/c1-8-2-9(4-12)5-13(8)6-10-3-11(14(15)16)17-7-10;/h3,7-9H,2,4-6,12H2,1H3;1H. The topological polar surface area (TPSA) is 72.4 Å². The molecule has 0 aliphatic carbocycles. The van der Waals surface area contributed by atoms with Crippen molar-refractivity contribution in [2.45, 2.75) is 25.9 Å². The number of nitro groups is 1. The van der Waals surface area contributed by atoms with Crippen LogP contribution in [-0.4, -0.2) is 29.0 Å². The average molecular weight is 292 g/mol. The summed E-state index contributed by atoms with van der Waals surface area (Å²) in [7, 11) is 0. The van der Waals surface area contributed by atoms with Crippen molar-refractivity contribution in [2.24, 2.45) is 11.7 Å². The largest absolute Gasteiger partial charge is 0.330 e. The molecule has 1 aliphatic rings. The molecule has 2 heterocycles. The summed E-state index contributed by atoms with van der Waals surface area (Å²) in [5, 5.41) is 12.7. The summed E-state index contributed by atoms with van der Waals surface area (Å²) in [4.78, 5) is 12.6. The second-order valence-electron chi connectivity index (χ2n) is 4.67. The highest BCUT2D eigenvalue weighted by Crippen LogP contribution is 2.28. The molecule has 2 N–H and O–H groups in total. The molecule has 0 saturated carbocycles. The van der Waals surface area contributed by atoms with Gasteiger partial charge < -0.3 is 5.73 Å².